The van der Waals surface area contributed by atoms with Crippen LogP contribution in [0.5, 0.6) is 0 Å². The van der Waals surface area contributed by atoms with E-state index in [-0.39, 0.29) is 18.4 Å². The predicted octanol–water partition coefficient (Wildman–Crippen LogP) is 3.32. The Labute approximate surface area is 139 Å². The van der Waals surface area contributed by atoms with Gasteiger partial charge in [-0.1, -0.05) is 42.7 Å². The lowest BCUT2D eigenvalue weighted by molar-refractivity contribution is -0.125. The minimum Gasteiger partial charge on any atom is -0.347 e. The van der Waals surface area contributed by atoms with Crippen LogP contribution in [-0.4, -0.2) is 23.3 Å². The molecule has 2 aromatic rings. The van der Waals surface area contributed by atoms with Gasteiger partial charge in [-0.05, 0) is 30.9 Å². The van der Waals surface area contributed by atoms with Crippen molar-refractivity contribution in [2.45, 2.75) is 38.5 Å². The quantitative estimate of drug-likeness (QED) is 0.883. The molecule has 0 saturated heterocycles. The zero-order chi connectivity index (χ0) is 16.1. The van der Waals surface area contributed by atoms with E-state index in [1.807, 2.05) is 24.3 Å². The second kappa shape index (κ2) is 7.55. The molecular weight excluding hydrogens is 310 g/mol. The van der Waals surface area contributed by atoms with Crippen molar-refractivity contribution < 1.29 is 9.59 Å². The van der Waals surface area contributed by atoms with Crippen molar-refractivity contribution in [2.75, 3.05) is 11.9 Å². The topological polar surface area (TPSA) is 71.1 Å². The van der Waals surface area contributed by atoms with E-state index in [0.29, 0.717) is 17.5 Å². The van der Waals surface area contributed by atoms with Gasteiger partial charge in [-0.2, -0.15) is 0 Å². The highest BCUT2D eigenvalue weighted by molar-refractivity contribution is 7.22. The SMILES string of the molecule is O=C(CC1CCCCC1)NCC(=O)Nc1nc2ccccc2s1. The van der Waals surface area contributed by atoms with Crippen LogP contribution in [0.25, 0.3) is 10.2 Å². The van der Waals surface area contributed by atoms with Gasteiger partial charge in [0, 0.05) is 6.42 Å². The number of aromatic nitrogens is 1. The van der Waals surface area contributed by atoms with Gasteiger partial charge < -0.3 is 10.6 Å². The van der Waals surface area contributed by atoms with Crippen molar-refractivity contribution in [3.63, 3.8) is 0 Å². The Morgan fingerprint density at radius 2 is 1.91 bits per heavy atom. The number of para-hydroxylation sites is 1. The van der Waals surface area contributed by atoms with Gasteiger partial charge in [0.15, 0.2) is 5.13 Å². The van der Waals surface area contributed by atoms with Crippen molar-refractivity contribution in [2.24, 2.45) is 5.92 Å². The molecule has 122 valence electrons. The molecule has 3 rings (SSSR count). The van der Waals surface area contributed by atoms with Crippen molar-refractivity contribution in [1.29, 1.82) is 0 Å². The van der Waals surface area contributed by atoms with Crippen LogP contribution < -0.4 is 10.6 Å². The predicted molar refractivity (Wildman–Crippen MR) is 92.5 cm³/mol. The summed E-state index contributed by atoms with van der Waals surface area (Å²) in [7, 11) is 0. The van der Waals surface area contributed by atoms with Crippen LogP contribution in [0.4, 0.5) is 5.13 Å². The number of anilines is 1. The Morgan fingerprint density at radius 3 is 2.70 bits per heavy atom. The number of nitrogens with one attached hydrogen (secondary N) is 2. The molecule has 1 heterocycles. The zero-order valence-corrected chi connectivity index (χ0v) is 13.8. The highest BCUT2D eigenvalue weighted by Gasteiger charge is 2.17. The molecule has 2 N–H and O–H groups in total. The number of amides is 2. The van der Waals surface area contributed by atoms with Gasteiger partial charge in [-0.3, -0.25) is 9.59 Å². The lowest BCUT2D eigenvalue weighted by Gasteiger charge is -2.20. The maximum absolute atomic E-state index is 11.9. The summed E-state index contributed by atoms with van der Waals surface area (Å²) < 4.78 is 1.03. The second-order valence-electron chi connectivity index (χ2n) is 6.02. The van der Waals surface area contributed by atoms with E-state index < -0.39 is 0 Å². The third-order valence-electron chi connectivity index (χ3n) is 4.19. The highest BCUT2D eigenvalue weighted by Crippen LogP contribution is 2.26. The van der Waals surface area contributed by atoms with Crippen LogP contribution in [0.1, 0.15) is 38.5 Å². The maximum Gasteiger partial charge on any atom is 0.245 e. The first kappa shape index (κ1) is 15.9. The van der Waals surface area contributed by atoms with E-state index in [0.717, 1.165) is 23.1 Å². The summed E-state index contributed by atoms with van der Waals surface area (Å²) in [5, 5.41) is 6.02. The molecule has 0 spiro atoms. The van der Waals surface area contributed by atoms with Gasteiger partial charge in [0.25, 0.3) is 0 Å². The minimum atomic E-state index is -0.235. The van der Waals surface area contributed by atoms with E-state index in [2.05, 4.69) is 15.6 Å². The molecule has 23 heavy (non-hydrogen) atoms. The number of carbonyl (C=O) groups excluding carboxylic acids is 2. The molecule has 0 aliphatic heterocycles. The van der Waals surface area contributed by atoms with Gasteiger partial charge in [-0.15, -0.1) is 0 Å². The molecule has 2 amide bonds. The molecule has 0 radical (unpaired) electrons. The number of benzene rings is 1. The van der Waals surface area contributed by atoms with Crippen molar-refractivity contribution in [1.82, 2.24) is 10.3 Å². The van der Waals surface area contributed by atoms with Gasteiger partial charge in [0.2, 0.25) is 11.8 Å². The fourth-order valence-corrected chi connectivity index (χ4v) is 3.88. The Morgan fingerprint density at radius 1 is 1.13 bits per heavy atom. The lowest BCUT2D eigenvalue weighted by Crippen LogP contribution is -2.34. The third kappa shape index (κ3) is 4.51. The van der Waals surface area contributed by atoms with Crippen molar-refractivity contribution in [3.05, 3.63) is 24.3 Å². The Kier molecular flexibility index (Phi) is 5.23. The van der Waals surface area contributed by atoms with E-state index in [1.165, 1.54) is 30.6 Å². The molecule has 1 aliphatic rings. The number of rotatable bonds is 5. The molecule has 1 aromatic carbocycles. The molecule has 6 heteroatoms. The van der Waals surface area contributed by atoms with Crippen LogP contribution in [0.15, 0.2) is 24.3 Å². The van der Waals surface area contributed by atoms with Gasteiger partial charge in [-0.25, -0.2) is 4.98 Å². The number of nitrogens with zero attached hydrogens (tertiary/aromatic N) is 1. The molecule has 1 aromatic heterocycles. The first-order chi connectivity index (χ1) is 11.2. The van der Waals surface area contributed by atoms with E-state index >= 15 is 0 Å². The lowest BCUT2D eigenvalue weighted by atomic mass is 9.87. The summed E-state index contributed by atoms with van der Waals surface area (Å²) >= 11 is 1.43. The van der Waals surface area contributed by atoms with Gasteiger partial charge >= 0.3 is 0 Å². The van der Waals surface area contributed by atoms with E-state index in [1.54, 1.807) is 0 Å². The smallest absolute Gasteiger partial charge is 0.245 e. The number of hydrogen-bond acceptors (Lipinski definition) is 4. The normalized spacial score (nSPS) is 15.5. The molecular formula is C17H21N3O2S. The summed E-state index contributed by atoms with van der Waals surface area (Å²) in [4.78, 5) is 28.2. The second-order valence-corrected chi connectivity index (χ2v) is 7.05. The van der Waals surface area contributed by atoms with E-state index in [9.17, 15) is 9.59 Å². The van der Waals surface area contributed by atoms with Crippen LogP contribution in [0.2, 0.25) is 0 Å². The molecule has 0 atom stereocenters. The molecule has 1 aliphatic carbocycles. The van der Waals surface area contributed by atoms with Crippen LogP contribution in [0.3, 0.4) is 0 Å². The number of hydrogen-bond donors (Lipinski definition) is 2. The average Bonchev–Trinajstić information content (AvgIpc) is 2.96. The average molecular weight is 331 g/mol. The van der Waals surface area contributed by atoms with Gasteiger partial charge in [0.1, 0.15) is 0 Å². The Hall–Kier alpha value is -1.95. The third-order valence-corrected chi connectivity index (χ3v) is 5.14. The monoisotopic (exact) mass is 331 g/mol. The first-order valence-corrected chi connectivity index (χ1v) is 8.94. The minimum absolute atomic E-state index is 0.00147. The summed E-state index contributed by atoms with van der Waals surface area (Å²) in [5.41, 5.74) is 0.870. The van der Waals surface area contributed by atoms with Crippen molar-refractivity contribution >= 4 is 38.5 Å². The highest BCUT2D eigenvalue weighted by atomic mass is 32.1. The number of carbonyl (C=O) groups is 2. The molecule has 1 fully saturated rings. The molecule has 1 saturated carbocycles. The standard InChI is InChI=1S/C17H21N3O2S/c21-15(10-12-6-2-1-3-7-12)18-11-16(22)20-17-19-13-8-4-5-9-14(13)23-17/h4-5,8-9,12H,1-3,6-7,10-11H2,(H,18,21)(H,19,20,22). The fourth-order valence-electron chi connectivity index (χ4n) is 2.99. The maximum atomic E-state index is 11.9. The summed E-state index contributed by atoms with van der Waals surface area (Å²) in [6.45, 7) is 0.00147. The Bertz CT molecular complexity index is 659. The summed E-state index contributed by atoms with van der Waals surface area (Å²) in [6, 6.07) is 7.73. The number of thiazole rings is 1. The summed E-state index contributed by atoms with van der Waals surface area (Å²) in [6.07, 6.45) is 6.51. The molecule has 0 unspecified atom stereocenters. The summed E-state index contributed by atoms with van der Waals surface area (Å²) in [5.74, 6) is 0.216. The Balaban J connectivity index is 1.44. The van der Waals surface area contributed by atoms with Crippen molar-refractivity contribution in [3.8, 4) is 0 Å². The van der Waals surface area contributed by atoms with Crippen LogP contribution in [-0.2, 0) is 9.59 Å². The largest absolute Gasteiger partial charge is 0.347 e. The van der Waals surface area contributed by atoms with Crippen LogP contribution >= 0.6 is 11.3 Å². The zero-order valence-electron chi connectivity index (χ0n) is 13.0. The van der Waals surface area contributed by atoms with E-state index in [4.69, 9.17) is 0 Å². The van der Waals surface area contributed by atoms with Crippen LogP contribution in [0, 0.1) is 5.92 Å². The number of fused-ring (bicyclic) bond motifs is 1. The molecule has 5 nitrogen and oxygen atoms in total. The fraction of sp³-hybridized carbons (Fsp3) is 0.471. The molecule has 0 bridgehead atoms. The first-order valence-electron chi connectivity index (χ1n) is 8.13. The van der Waals surface area contributed by atoms with Gasteiger partial charge in [0.05, 0.1) is 16.8 Å².